The van der Waals surface area contributed by atoms with Crippen LogP contribution in [0.1, 0.15) is 34.4 Å². The van der Waals surface area contributed by atoms with Gasteiger partial charge in [-0.1, -0.05) is 6.92 Å². The molecule has 2 aromatic heterocycles. The number of aryl methyl sites for hydroxylation is 1. The number of rotatable bonds is 3. The molecule has 0 saturated heterocycles. The number of nitrogens with zero attached hydrogens (tertiary/aromatic N) is 4. The molecule has 0 fully saturated rings. The summed E-state index contributed by atoms with van der Waals surface area (Å²) in [4.78, 5) is 26.6. The van der Waals surface area contributed by atoms with Crippen molar-refractivity contribution in [1.82, 2.24) is 15.0 Å². The largest absolute Gasteiger partial charge is 0.365 e. The number of carbonyl (C=O) groups excluding carboxylic acids is 1. The number of aromatic nitrogens is 3. The van der Waals surface area contributed by atoms with E-state index in [1.165, 1.54) is 11.8 Å². The van der Waals surface area contributed by atoms with Crippen molar-refractivity contribution in [2.24, 2.45) is 5.73 Å². The van der Waals surface area contributed by atoms with Crippen molar-refractivity contribution < 1.29 is 4.79 Å². The lowest BCUT2D eigenvalue weighted by Crippen LogP contribution is -2.33. The summed E-state index contributed by atoms with van der Waals surface area (Å²) in [5, 5.41) is 0. The molecule has 2 N–H and O–H groups in total. The predicted molar refractivity (Wildman–Crippen MR) is 78.9 cm³/mol. The van der Waals surface area contributed by atoms with Crippen LogP contribution in [0.3, 0.4) is 0 Å². The van der Waals surface area contributed by atoms with Crippen LogP contribution in [0.2, 0.25) is 0 Å². The summed E-state index contributed by atoms with van der Waals surface area (Å²) in [5.74, 6) is 0.390. The van der Waals surface area contributed by atoms with E-state index < -0.39 is 5.91 Å². The van der Waals surface area contributed by atoms with Gasteiger partial charge in [-0.15, -0.1) is 0 Å². The van der Waals surface area contributed by atoms with E-state index in [1.54, 1.807) is 6.20 Å². The van der Waals surface area contributed by atoms with Crippen molar-refractivity contribution in [3.8, 4) is 0 Å². The summed E-state index contributed by atoms with van der Waals surface area (Å²) in [6, 6.07) is 1.83. The Labute approximate surface area is 123 Å². The molecule has 0 bridgehead atoms. The zero-order valence-electron chi connectivity index (χ0n) is 11.9. The Balaban J connectivity index is 1.94. The molecule has 108 valence electrons. The van der Waals surface area contributed by atoms with E-state index in [1.807, 2.05) is 19.2 Å². The topological polar surface area (TPSA) is 85.0 Å². The molecule has 1 amide bonds. The van der Waals surface area contributed by atoms with Crippen molar-refractivity contribution in [3.05, 3.63) is 47.3 Å². The molecule has 0 aliphatic carbocycles. The third kappa shape index (κ3) is 2.56. The molecule has 3 rings (SSSR count). The number of pyridine rings is 1. The lowest BCUT2D eigenvalue weighted by molar-refractivity contribution is 0.100. The number of primary amides is 1. The Hall–Kier alpha value is -2.50. The minimum Gasteiger partial charge on any atom is -0.365 e. The Kier molecular flexibility index (Phi) is 3.51. The average molecular weight is 283 g/mol. The smallest absolute Gasteiger partial charge is 0.252 e. The highest BCUT2D eigenvalue weighted by Crippen LogP contribution is 2.25. The van der Waals surface area contributed by atoms with Crippen LogP contribution in [-0.4, -0.2) is 27.4 Å². The third-order valence-electron chi connectivity index (χ3n) is 3.72. The summed E-state index contributed by atoms with van der Waals surface area (Å²) < 4.78 is 0. The second-order valence-electron chi connectivity index (χ2n) is 5.04. The fourth-order valence-electron chi connectivity index (χ4n) is 2.57. The second-order valence-corrected chi connectivity index (χ2v) is 5.04. The van der Waals surface area contributed by atoms with Crippen LogP contribution in [0.4, 0.5) is 5.69 Å². The van der Waals surface area contributed by atoms with Crippen LogP contribution < -0.4 is 10.6 Å². The molecular weight excluding hydrogens is 266 g/mol. The van der Waals surface area contributed by atoms with Gasteiger partial charge in [0.05, 0.1) is 23.5 Å². The van der Waals surface area contributed by atoms with Gasteiger partial charge in [0.2, 0.25) is 0 Å². The minimum absolute atomic E-state index is 0.450. The first kappa shape index (κ1) is 13.5. The zero-order chi connectivity index (χ0) is 14.8. The number of fused-ring (bicyclic) bond motifs is 1. The number of carbonyl (C=O) groups is 1. The molecule has 0 unspecified atom stereocenters. The van der Waals surface area contributed by atoms with Crippen molar-refractivity contribution in [3.63, 3.8) is 0 Å². The summed E-state index contributed by atoms with van der Waals surface area (Å²) in [6.45, 7) is 3.51. The van der Waals surface area contributed by atoms with Crippen molar-refractivity contribution >= 4 is 11.6 Å². The van der Waals surface area contributed by atoms with E-state index in [4.69, 9.17) is 5.73 Å². The number of nitrogens with two attached hydrogens (primary N) is 1. The molecule has 2 aromatic rings. The van der Waals surface area contributed by atoms with Crippen LogP contribution in [0.25, 0.3) is 0 Å². The Morgan fingerprint density at radius 1 is 1.43 bits per heavy atom. The molecule has 0 atom stereocenters. The summed E-state index contributed by atoms with van der Waals surface area (Å²) in [6.07, 6.45) is 6.79. The maximum Gasteiger partial charge on any atom is 0.252 e. The Morgan fingerprint density at radius 3 is 3.05 bits per heavy atom. The van der Waals surface area contributed by atoms with Gasteiger partial charge in [0.25, 0.3) is 5.91 Å². The highest BCUT2D eigenvalue weighted by molar-refractivity contribution is 5.98. The normalized spacial score (nSPS) is 13.9. The van der Waals surface area contributed by atoms with Gasteiger partial charge in [-0.25, -0.2) is 9.97 Å². The Morgan fingerprint density at radius 2 is 2.29 bits per heavy atom. The molecule has 0 saturated carbocycles. The standard InChI is InChI=1S/C15H17N5O/c1-2-14-18-7-10-4-6-20(9-12(10)19-14)13-3-5-17-8-11(13)15(16)21/h3,5,7-8H,2,4,6,9H2,1H3,(H2,16,21). The van der Waals surface area contributed by atoms with E-state index in [0.29, 0.717) is 12.1 Å². The van der Waals surface area contributed by atoms with E-state index >= 15 is 0 Å². The van der Waals surface area contributed by atoms with Crippen LogP contribution in [0, 0.1) is 0 Å². The van der Waals surface area contributed by atoms with Crippen LogP contribution in [0.15, 0.2) is 24.7 Å². The third-order valence-corrected chi connectivity index (χ3v) is 3.72. The van der Waals surface area contributed by atoms with Gasteiger partial charge in [-0.2, -0.15) is 0 Å². The maximum absolute atomic E-state index is 11.5. The molecule has 1 aliphatic rings. The monoisotopic (exact) mass is 283 g/mol. The number of amides is 1. The maximum atomic E-state index is 11.5. The van der Waals surface area contributed by atoms with Gasteiger partial charge in [0, 0.05) is 31.6 Å². The molecule has 21 heavy (non-hydrogen) atoms. The van der Waals surface area contributed by atoms with Crippen molar-refractivity contribution in [1.29, 1.82) is 0 Å². The molecule has 0 radical (unpaired) electrons. The molecule has 6 heteroatoms. The zero-order valence-corrected chi connectivity index (χ0v) is 11.9. The molecular formula is C15H17N5O. The van der Waals surface area contributed by atoms with Crippen LogP contribution >= 0.6 is 0 Å². The van der Waals surface area contributed by atoms with Crippen molar-refractivity contribution in [2.45, 2.75) is 26.3 Å². The Bertz CT molecular complexity index is 686. The summed E-state index contributed by atoms with van der Waals surface area (Å²) in [5.41, 5.74) is 8.91. The van der Waals surface area contributed by atoms with E-state index in [9.17, 15) is 4.79 Å². The minimum atomic E-state index is -0.458. The lowest BCUT2D eigenvalue weighted by atomic mass is 10.0. The molecule has 6 nitrogen and oxygen atoms in total. The number of anilines is 1. The molecule has 1 aliphatic heterocycles. The summed E-state index contributed by atoms with van der Waals surface area (Å²) >= 11 is 0. The predicted octanol–water partition coefficient (Wildman–Crippen LogP) is 1.10. The second kappa shape index (κ2) is 5.47. The quantitative estimate of drug-likeness (QED) is 0.911. The lowest BCUT2D eigenvalue weighted by Gasteiger charge is -2.30. The number of hydrogen-bond donors (Lipinski definition) is 1. The average Bonchev–Trinajstić information content (AvgIpc) is 2.53. The first-order valence-corrected chi connectivity index (χ1v) is 7.01. The van der Waals surface area contributed by atoms with Gasteiger partial charge in [-0.05, 0) is 18.1 Å². The van der Waals surface area contributed by atoms with Crippen molar-refractivity contribution in [2.75, 3.05) is 11.4 Å². The SMILES string of the molecule is CCc1ncc2c(n1)CN(c1ccncc1C(N)=O)CC2. The highest BCUT2D eigenvalue weighted by Gasteiger charge is 2.21. The van der Waals surface area contributed by atoms with Crippen LogP contribution in [0.5, 0.6) is 0 Å². The van der Waals surface area contributed by atoms with E-state index in [2.05, 4.69) is 19.9 Å². The van der Waals surface area contributed by atoms with Gasteiger partial charge >= 0.3 is 0 Å². The van der Waals surface area contributed by atoms with E-state index in [0.717, 1.165) is 36.6 Å². The highest BCUT2D eigenvalue weighted by atomic mass is 16.1. The van der Waals surface area contributed by atoms with Gasteiger partial charge in [0.15, 0.2) is 0 Å². The number of hydrogen-bond acceptors (Lipinski definition) is 5. The van der Waals surface area contributed by atoms with Gasteiger partial charge < -0.3 is 10.6 Å². The van der Waals surface area contributed by atoms with Crippen LogP contribution in [-0.2, 0) is 19.4 Å². The van der Waals surface area contributed by atoms with Gasteiger partial charge in [0.1, 0.15) is 5.82 Å². The molecule has 0 spiro atoms. The fourth-order valence-corrected chi connectivity index (χ4v) is 2.57. The fraction of sp³-hybridized carbons (Fsp3) is 0.333. The first-order chi connectivity index (χ1) is 10.2. The molecule has 0 aromatic carbocycles. The van der Waals surface area contributed by atoms with Gasteiger partial charge in [-0.3, -0.25) is 9.78 Å². The summed E-state index contributed by atoms with van der Waals surface area (Å²) in [7, 11) is 0. The van der Waals surface area contributed by atoms with E-state index in [-0.39, 0.29) is 0 Å². The first-order valence-electron chi connectivity index (χ1n) is 7.01. The molecule has 3 heterocycles.